The van der Waals surface area contributed by atoms with Crippen LogP contribution in [0.3, 0.4) is 0 Å². The summed E-state index contributed by atoms with van der Waals surface area (Å²) in [5.41, 5.74) is 5.41. The van der Waals surface area contributed by atoms with E-state index in [9.17, 15) is 9.18 Å². The Morgan fingerprint density at radius 2 is 2.11 bits per heavy atom. The van der Waals surface area contributed by atoms with Gasteiger partial charge in [-0.05, 0) is 36.5 Å². The van der Waals surface area contributed by atoms with E-state index in [-0.39, 0.29) is 17.3 Å². The van der Waals surface area contributed by atoms with Crippen molar-refractivity contribution in [2.75, 3.05) is 22.6 Å². The van der Waals surface area contributed by atoms with Gasteiger partial charge in [-0.15, -0.1) is 0 Å². The van der Waals surface area contributed by atoms with E-state index in [0.29, 0.717) is 5.69 Å². The first kappa shape index (κ1) is 13.0. The third-order valence-corrected chi connectivity index (χ3v) is 4.04. The highest BCUT2D eigenvalue weighted by atomic mass is 32.2. The Bertz CT molecular complexity index is 462. The van der Waals surface area contributed by atoms with Crippen LogP contribution < -0.4 is 11.1 Å². The van der Waals surface area contributed by atoms with Crippen LogP contribution in [0.4, 0.5) is 15.8 Å². The number of anilines is 2. The molecule has 0 bridgehead atoms. The average Bonchev–Trinajstić information content (AvgIpc) is 2.35. The molecule has 0 saturated carbocycles. The van der Waals surface area contributed by atoms with Crippen molar-refractivity contribution in [1.29, 1.82) is 0 Å². The number of nitrogens with two attached hydrogens (primary N) is 1. The van der Waals surface area contributed by atoms with Gasteiger partial charge in [-0.3, -0.25) is 0 Å². The van der Waals surface area contributed by atoms with Gasteiger partial charge in [-0.25, -0.2) is 9.18 Å². The summed E-state index contributed by atoms with van der Waals surface area (Å²) < 4.78 is 13.3. The van der Waals surface area contributed by atoms with Crippen molar-refractivity contribution in [3.8, 4) is 0 Å². The van der Waals surface area contributed by atoms with E-state index in [1.54, 1.807) is 0 Å². The lowest BCUT2D eigenvalue weighted by atomic mass is 10.1. The van der Waals surface area contributed by atoms with Gasteiger partial charge in [-0.2, -0.15) is 11.8 Å². The third-order valence-electron chi connectivity index (χ3n) is 2.99. The number of thioether (sulfide) groups is 1. The molecule has 18 heavy (non-hydrogen) atoms. The number of nitrogen functional groups attached to an aromatic ring is 1. The zero-order valence-electron chi connectivity index (χ0n) is 9.78. The van der Waals surface area contributed by atoms with E-state index in [2.05, 4.69) is 5.32 Å². The van der Waals surface area contributed by atoms with Crippen LogP contribution in [0, 0.1) is 5.82 Å². The smallest absolute Gasteiger partial charge is 0.340 e. The number of benzene rings is 1. The fraction of sp³-hybridized carbons (Fsp3) is 0.417. The first-order valence-corrected chi connectivity index (χ1v) is 6.90. The minimum absolute atomic E-state index is 0.173. The first-order valence-electron chi connectivity index (χ1n) is 5.75. The number of carboxylic acid groups (broad SMARTS) is 1. The van der Waals surface area contributed by atoms with Crippen LogP contribution in [-0.2, 0) is 0 Å². The number of aromatic carboxylic acids is 1. The van der Waals surface area contributed by atoms with Crippen LogP contribution in [0.15, 0.2) is 12.1 Å². The highest BCUT2D eigenvalue weighted by molar-refractivity contribution is 7.99. The molecule has 6 heteroatoms. The van der Waals surface area contributed by atoms with Crippen LogP contribution in [0.5, 0.6) is 0 Å². The largest absolute Gasteiger partial charge is 0.478 e. The molecule has 0 atom stereocenters. The predicted octanol–water partition coefficient (Wildman–Crippen LogP) is 2.41. The summed E-state index contributed by atoms with van der Waals surface area (Å²) in [7, 11) is 0. The monoisotopic (exact) mass is 270 g/mol. The summed E-state index contributed by atoms with van der Waals surface area (Å²) in [4.78, 5) is 11.1. The maximum atomic E-state index is 13.3. The lowest BCUT2D eigenvalue weighted by molar-refractivity contribution is 0.0698. The van der Waals surface area contributed by atoms with Gasteiger partial charge in [0.2, 0.25) is 0 Å². The molecule has 1 aliphatic heterocycles. The maximum absolute atomic E-state index is 13.3. The van der Waals surface area contributed by atoms with Gasteiger partial charge in [0.1, 0.15) is 11.4 Å². The molecule has 0 unspecified atom stereocenters. The minimum Gasteiger partial charge on any atom is -0.478 e. The molecule has 0 amide bonds. The number of hydrogen-bond donors (Lipinski definition) is 3. The molecule has 4 N–H and O–H groups in total. The Kier molecular flexibility index (Phi) is 3.96. The van der Waals surface area contributed by atoms with Crippen molar-refractivity contribution in [3.63, 3.8) is 0 Å². The molecule has 0 spiro atoms. The molecular formula is C12H15FN2O2S. The Balaban J connectivity index is 2.26. The summed E-state index contributed by atoms with van der Waals surface area (Å²) in [6.45, 7) is 0. The molecule has 1 aromatic carbocycles. The van der Waals surface area contributed by atoms with Gasteiger partial charge < -0.3 is 16.2 Å². The molecule has 1 aliphatic rings. The number of hydrogen-bond acceptors (Lipinski definition) is 4. The lowest BCUT2D eigenvalue weighted by Crippen LogP contribution is -2.26. The first-order chi connectivity index (χ1) is 8.59. The number of carboxylic acids is 1. The van der Waals surface area contributed by atoms with Crippen LogP contribution >= 0.6 is 11.8 Å². The van der Waals surface area contributed by atoms with E-state index in [4.69, 9.17) is 10.8 Å². The quantitative estimate of drug-likeness (QED) is 0.735. The van der Waals surface area contributed by atoms with E-state index in [0.717, 1.165) is 24.3 Å². The normalized spacial score (nSPS) is 16.5. The third kappa shape index (κ3) is 2.69. The summed E-state index contributed by atoms with van der Waals surface area (Å²) in [5, 5.41) is 12.3. The standard InChI is InChI=1S/C12H15FN2O2S/c13-8-1-2-9(10(11(8)14)12(16)17)15-7-3-5-18-6-4-7/h1-2,7,15H,3-6,14H2,(H,16,17). The second-order valence-corrected chi connectivity index (χ2v) is 5.44. The van der Waals surface area contributed by atoms with Gasteiger partial charge in [0.25, 0.3) is 0 Å². The molecule has 1 saturated heterocycles. The fourth-order valence-electron chi connectivity index (χ4n) is 2.01. The number of halogens is 1. The molecule has 98 valence electrons. The second-order valence-electron chi connectivity index (χ2n) is 4.22. The highest BCUT2D eigenvalue weighted by Gasteiger charge is 2.20. The summed E-state index contributed by atoms with van der Waals surface area (Å²) in [6, 6.07) is 2.87. The molecule has 1 aromatic rings. The number of nitrogens with one attached hydrogen (secondary N) is 1. The Hall–Kier alpha value is -1.43. The van der Waals surface area contributed by atoms with Crippen molar-refractivity contribution in [2.45, 2.75) is 18.9 Å². The predicted molar refractivity (Wildman–Crippen MR) is 71.7 cm³/mol. The van der Waals surface area contributed by atoms with Crippen LogP contribution in [-0.4, -0.2) is 28.6 Å². The molecule has 0 radical (unpaired) electrons. The van der Waals surface area contributed by atoms with Gasteiger partial charge in [0.05, 0.1) is 11.4 Å². The topological polar surface area (TPSA) is 75.3 Å². The fourth-order valence-corrected chi connectivity index (χ4v) is 3.11. The number of carbonyl (C=O) groups is 1. The Labute approximate surface area is 109 Å². The highest BCUT2D eigenvalue weighted by Crippen LogP contribution is 2.28. The zero-order valence-corrected chi connectivity index (χ0v) is 10.6. The molecule has 1 fully saturated rings. The minimum atomic E-state index is -1.21. The maximum Gasteiger partial charge on any atom is 0.340 e. The summed E-state index contributed by atoms with van der Waals surface area (Å²) >= 11 is 1.88. The van der Waals surface area contributed by atoms with Gasteiger partial charge in [-0.1, -0.05) is 0 Å². The Morgan fingerprint density at radius 3 is 2.72 bits per heavy atom. The average molecular weight is 270 g/mol. The van der Waals surface area contributed by atoms with E-state index >= 15 is 0 Å². The number of rotatable bonds is 3. The van der Waals surface area contributed by atoms with Crippen molar-refractivity contribution in [3.05, 3.63) is 23.5 Å². The van der Waals surface area contributed by atoms with Gasteiger partial charge in [0, 0.05) is 6.04 Å². The molecule has 0 aliphatic carbocycles. The molecule has 4 nitrogen and oxygen atoms in total. The van der Waals surface area contributed by atoms with E-state index in [1.165, 1.54) is 12.1 Å². The van der Waals surface area contributed by atoms with Crippen LogP contribution in [0.25, 0.3) is 0 Å². The van der Waals surface area contributed by atoms with Crippen molar-refractivity contribution in [2.24, 2.45) is 0 Å². The molecule has 1 heterocycles. The molecular weight excluding hydrogens is 255 g/mol. The molecule has 2 rings (SSSR count). The van der Waals surface area contributed by atoms with Crippen LogP contribution in [0.2, 0.25) is 0 Å². The van der Waals surface area contributed by atoms with Crippen molar-refractivity contribution < 1.29 is 14.3 Å². The Morgan fingerprint density at radius 1 is 1.44 bits per heavy atom. The van der Waals surface area contributed by atoms with Crippen LogP contribution in [0.1, 0.15) is 23.2 Å². The van der Waals surface area contributed by atoms with Gasteiger partial charge in [0.15, 0.2) is 0 Å². The van der Waals surface area contributed by atoms with E-state index < -0.39 is 11.8 Å². The lowest BCUT2D eigenvalue weighted by Gasteiger charge is -2.24. The van der Waals surface area contributed by atoms with Crippen molar-refractivity contribution in [1.82, 2.24) is 0 Å². The van der Waals surface area contributed by atoms with Crippen molar-refractivity contribution >= 4 is 29.1 Å². The molecule has 0 aromatic heterocycles. The second kappa shape index (κ2) is 5.48. The van der Waals surface area contributed by atoms with E-state index in [1.807, 2.05) is 11.8 Å². The summed E-state index contributed by atoms with van der Waals surface area (Å²) in [5.74, 6) is 0.199. The summed E-state index contributed by atoms with van der Waals surface area (Å²) in [6.07, 6.45) is 1.95. The SMILES string of the molecule is Nc1c(F)ccc(NC2CCSCC2)c1C(=O)O. The van der Waals surface area contributed by atoms with Gasteiger partial charge >= 0.3 is 5.97 Å². The zero-order chi connectivity index (χ0) is 13.1.